The first kappa shape index (κ1) is 21.8. The molecule has 1 heterocycles. The normalized spacial score (nSPS) is 17.7. The minimum absolute atomic E-state index is 0.201. The van der Waals surface area contributed by atoms with Crippen molar-refractivity contribution in [1.29, 1.82) is 0 Å². The molecule has 0 bridgehead atoms. The summed E-state index contributed by atoms with van der Waals surface area (Å²) < 4.78 is 33.8. The number of piperidine rings is 1. The summed E-state index contributed by atoms with van der Waals surface area (Å²) in [5.74, 6) is 0.515. The van der Waals surface area contributed by atoms with Gasteiger partial charge in [0, 0.05) is 17.6 Å². The minimum Gasteiger partial charge on any atom is -0.494 e. The van der Waals surface area contributed by atoms with Gasteiger partial charge in [-0.25, -0.2) is 8.42 Å². The lowest BCUT2D eigenvalue weighted by atomic mass is 10.0. The highest BCUT2D eigenvalue weighted by Gasteiger charge is 2.37. The van der Waals surface area contributed by atoms with Crippen LogP contribution in [0, 0.1) is 0 Å². The van der Waals surface area contributed by atoms with E-state index in [1.807, 2.05) is 31.2 Å². The Bertz CT molecular complexity index is 930. The average Bonchev–Trinajstić information content (AvgIpc) is 2.73. The SMILES string of the molecule is CCOc1ccc(CNC(=O)[C@@H]2CCCCN2S(=O)(=O)c2ccc(Br)cc2)cc1. The zero-order valence-corrected chi connectivity index (χ0v) is 18.7. The van der Waals surface area contributed by atoms with E-state index in [2.05, 4.69) is 21.2 Å². The molecule has 1 fully saturated rings. The number of ether oxygens (including phenoxy) is 1. The number of hydrogen-bond acceptors (Lipinski definition) is 4. The van der Waals surface area contributed by atoms with E-state index in [0.717, 1.165) is 28.6 Å². The Morgan fingerprint density at radius 3 is 2.48 bits per heavy atom. The number of benzene rings is 2. The second-order valence-corrected chi connectivity index (χ2v) is 9.68. The Kier molecular flexibility index (Phi) is 7.32. The van der Waals surface area contributed by atoms with E-state index in [1.54, 1.807) is 24.3 Å². The molecular formula is C21H25BrN2O4S. The van der Waals surface area contributed by atoms with Gasteiger partial charge in [-0.2, -0.15) is 4.31 Å². The maximum Gasteiger partial charge on any atom is 0.243 e. The van der Waals surface area contributed by atoms with E-state index < -0.39 is 16.1 Å². The molecule has 1 aliphatic rings. The van der Waals surface area contributed by atoms with Gasteiger partial charge in [0.1, 0.15) is 11.8 Å². The van der Waals surface area contributed by atoms with Crippen molar-refractivity contribution < 1.29 is 17.9 Å². The van der Waals surface area contributed by atoms with E-state index in [4.69, 9.17) is 4.74 Å². The molecule has 0 aliphatic carbocycles. The number of rotatable bonds is 7. The molecule has 0 radical (unpaired) electrons. The Balaban J connectivity index is 1.70. The second kappa shape index (κ2) is 9.73. The number of halogens is 1. The van der Waals surface area contributed by atoms with Gasteiger partial charge in [-0.3, -0.25) is 4.79 Å². The average molecular weight is 481 g/mol. The van der Waals surface area contributed by atoms with E-state index in [0.29, 0.717) is 26.1 Å². The first-order valence-electron chi connectivity index (χ1n) is 9.68. The first-order valence-corrected chi connectivity index (χ1v) is 11.9. The van der Waals surface area contributed by atoms with Gasteiger partial charge in [0.2, 0.25) is 15.9 Å². The van der Waals surface area contributed by atoms with Crippen LogP contribution in [0.25, 0.3) is 0 Å². The predicted molar refractivity (Wildman–Crippen MR) is 115 cm³/mol. The summed E-state index contributed by atoms with van der Waals surface area (Å²) in [6, 6.07) is 13.3. The van der Waals surface area contributed by atoms with E-state index in [9.17, 15) is 13.2 Å². The van der Waals surface area contributed by atoms with Crippen molar-refractivity contribution in [3.63, 3.8) is 0 Å². The maximum absolute atomic E-state index is 13.1. The van der Waals surface area contributed by atoms with Crippen LogP contribution >= 0.6 is 15.9 Å². The molecule has 1 aliphatic heterocycles. The van der Waals surface area contributed by atoms with Gasteiger partial charge < -0.3 is 10.1 Å². The standard InChI is InChI=1S/C21H25BrN2O4S/c1-2-28-18-10-6-16(7-11-18)15-23-21(25)20-5-3-4-14-24(20)29(26,27)19-12-8-17(22)9-13-19/h6-13,20H,2-5,14-15H2,1H3,(H,23,25)/t20-/m0/s1. The van der Waals surface area contributed by atoms with E-state index >= 15 is 0 Å². The molecule has 1 saturated heterocycles. The Labute approximate surface area is 180 Å². The predicted octanol–water partition coefficient (Wildman–Crippen LogP) is 3.71. The highest BCUT2D eigenvalue weighted by molar-refractivity contribution is 9.10. The molecule has 1 atom stereocenters. The number of nitrogens with zero attached hydrogens (tertiary/aromatic N) is 1. The lowest BCUT2D eigenvalue weighted by Crippen LogP contribution is -2.51. The molecular weight excluding hydrogens is 456 g/mol. The molecule has 156 valence electrons. The zero-order chi connectivity index (χ0) is 20.9. The van der Waals surface area contributed by atoms with Gasteiger partial charge in [0.25, 0.3) is 0 Å². The fourth-order valence-corrected chi connectivity index (χ4v) is 5.29. The number of sulfonamides is 1. The fourth-order valence-electron chi connectivity index (χ4n) is 3.37. The van der Waals surface area contributed by atoms with E-state index in [-0.39, 0.29) is 10.8 Å². The summed E-state index contributed by atoms with van der Waals surface area (Å²) in [6.45, 7) is 3.21. The zero-order valence-electron chi connectivity index (χ0n) is 16.3. The van der Waals surface area contributed by atoms with Crippen molar-refractivity contribution in [3.8, 4) is 5.75 Å². The van der Waals surface area contributed by atoms with E-state index in [1.165, 1.54) is 4.31 Å². The summed E-state index contributed by atoms with van der Waals surface area (Å²) in [6.07, 6.45) is 2.09. The molecule has 0 unspecified atom stereocenters. The number of nitrogens with one attached hydrogen (secondary N) is 1. The first-order chi connectivity index (χ1) is 13.9. The van der Waals surface area contributed by atoms with Crippen molar-refractivity contribution in [3.05, 3.63) is 58.6 Å². The highest BCUT2D eigenvalue weighted by atomic mass is 79.9. The van der Waals surface area contributed by atoms with Gasteiger partial charge in [0.05, 0.1) is 11.5 Å². The topological polar surface area (TPSA) is 75.7 Å². The van der Waals surface area contributed by atoms with Crippen molar-refractivity contribution in [2.75, 3.05) is 13.2 Å². The molecule has 0 spiro atoms. The van der Waals surface area contributed by atoms with Crippen LogP contribution in [0.15, 0.2) is 57.9 Å². The quantitative estimate of drug-likeness (QED) is 0.655. The minimum atomic E-state index is -3.73. The van der Waals surface area contributed by atoms with Crippen LogP contribution < -0.4 is 10.1 Å². The largest absolute Gasteiger partial charge is 0.494 e. The molecule has 0 aromatic heterocycles. The third-order valence-electron chi connectivity index (χ3n) is 4.88. The number of carbonyl (C=O) groups excluding carboxylic acids is 1. The number of hydrogen-bond donors (Lipinski definition) is 1. The summed E-state index contributed by atoms with van der Waals surface area (Å²) >= 11 is 3.32. The van der Waals surface area contributed by atoms with Gasteiger partial charge in [-0.1, -0.05) is 34.5 Å². The Hall–Kier alpha value is -1.90. The second-order valence-electron chi connectivity index (χ2n) is 6.88. The third-order valence-corrected chi connectivity index (χ3v) is 7.33. The molecule has 0 saturated carbocycles. The number of amides is 1. The van der Waals surface area contributed by atoms with Crippen LogP contribution in [-0.2, 0) is 21.4 Å². The molecule has 1 amide bonds. The summed E-state index contributed by atoms with van der Waals surface area (Å²) in [5.41, 5.74) is 0.930. The smallest absolute Gasteiger partial charge is 0.243 e. The van der Waals surface area contributed by atoms with Gasteiger partial charge >= 0.3 is 0 Å². The van der Waals surface area contributed by atoms with Crippen LogP contribution in [0.5, 0.6) is 5.75 Å². The molecule has 2 aromatic carbocycles. The van der Waals surface area contributed by atoms with Crippen LogP contribution in [-0.4, -0.2) is 37.8 Å². The van der Waals surface area contributed by atoms with Crippen molar-refractivity contribution in [2.45, 2.75) is 43.7 Å². The summed E-state index contributed by atoms with van der Waals surface area (Å²) in [7, 11) is -3.73. The van der Waals surface area contributed by atoms with Crippen molar-refractivity contribution in [1.82, 2.24) is 9.62 Å². The number of carbonyl (C=O) groups is 1. The monoisotopic (exact) mass is 480 g/mol. The molecule has 2 aromatic rings. The summed E-state index contributed by atoms with van der Waals surface area (Å²) in [5, 5.41) is 2.89. The van der Waals surface area contributed by atoms with Crippen LogP contribution in [0.1, 0.15) is 31.7 Å². The molecule has 1 N–H and O–H groups in total. The van der Waals surface area contributed by atoms with Gasteiger partial charge in [-0.05, 0) is 61.7 Å². The summed E-state index contributed by atoms with van der Waals surface area (Å²) in [4.78, 5) is 13.0. The molecule has 3 rings (SSSR count). The Morgan fingerprint density at radius 1 is 1.14 bits per heavy atom. The van der Waals surface area contributed by atoms with Gasteiger partial charge in [-0.15, -0.1) is 0 Å². The lowest BCUT2D eigenvalue weighted by Gasteiger charge is -2.33. The maximum atomic E-state index is 13.1. The van der Waals surface area contributed by atoms with Crippen LogP contribution in [0.3, 0.4) is 0 Å². The van der Waals surface area contributed by atoms with Crippen molar-refractivity contribution >= 4 is 31.9 Å². The van der Waals surface area contributed by atoms with Crippen molar-refractivity contribution in [2.24, 2.45) is 0 Å². The van der Waals surface area contributed by atoms with Gasteiger partial charge in [0.15, 0.2) is 0 Å². The lowest BCUT2D eigenvalue weighted by molar-refractivity contribution is -0.125. The van der Waals surface area contributed by atoms with Crippen LogP contribution in [0.4, 0.5) is 0 Å². The molecule has 6 nitrogen and oxygen atoms in total. The fraction of sp³-hybridized carbons (Fsp3) is 0.381. The Morgan fingerprint density at radius 2 is 1.83 bits per heavy atom. The molecule has 29 heavy (non-hydrogen) atoms. The highest BCUT2D eigenvalue weighted by Crippen LogP contribution is 2.26. The third kappa shape index (κ3) is 5.38. The molecule has 8 heteroatoms. The van der Waals surface area contributed by atoms with Crippen LogP contribution in [0.2, 0.25) is 0 Å².